The summed E-state index contributed by atoms with van der Waals surface area (Å²) in [5, 5.41) is 13.5. The van der Waals surface area contributed by atoms with Crippen LogP contribution in [0.4, 0.5) is 0 Å². The number of hydrogen-bond donors (Lipinski definition) is 2. The Balaban J connectivity index is 2.08. The molecule has 1 atom stereocenters. The number of esters is 1. The maximum atomic E-state index is 13.1. The standard InChI is InChI=1S/C23H28BrNO5/c1-4-5-6-10-30-23(28)19-13(2)25-16-8-7-9-17(26)21(16)20(19)14-11-15(24)22(27)18(12-14)29-3/h11-12,20,25,27H,4-10H2,1-3H3/t20-/m1/s1. The summed E-state index contributed by atoms with van der Waals surface area (Å²) in [5.41, 5.74) is 3.28. The fourth-order valence-corrected chi connectivity index (χ4v) is 4.56. The molecule has 0 bridgehead atoms. The molecule has 7 heteroatoms. The maximum Gasteiger partial charge on any atom is 0.336 e. The van der Waals surface area contributed by atoms with Gasteiger partial charge in [-0.15, -0.1) is 0 Å². The summed E-state index contributed by atoms with van der Waals surface area (Å²) in [4.78, 5) is 26.0. The van der Waals surface area contributed by atoms with Crippen LogP contribution < -0.4 is 10.1 Å². The van der Waals surface area contributed by atoms with Gasteiger partial charge in [0, 0.05) is 29.3 Å². The minimum Gasteiger partial charge on any atom is -0.503 e. The molecule has 0 radical (unpaired) electrons. The van der Waals surface area contributed by atoms with Gasteiger partial charge in [-0.2, -0.15) is 0 Å². The van der Waals surface area contributed by atoms with E-state index in [4.69, 9.17) is 9.47 Å². The number of Topliss-reactive ketones (excluding diaryl/α,β-unsaturated/α-hetero) is 1. The lowest BCUT2D eigenvalue weighted by molar-refractivity contribution is -0.139. The summed E-state index contributed by atoms with van der Waals surface area (Å²) < 4.78 is 11.3. The molecule has 0 fully saturated rings. The Hall–Kier alpha value is -2.28. The van der Waals surface area contributed by atoms with Gasteiger partial charge in [0.1, 0.15) is 0 Å². The molecule has 0 saturated heterocycles. The van der Waals surface area contributed by atoms with Gasteiger partial charge in [-0.3, -0.25) is 4.79 Å². The zero-order valence-electron chi connectivity index (χ0n) is 17.6. The summed E-state index contributed by atoms with van der Waals surface area (Å²) >= 11 is 3.36. The topological polar surface area (TPSA) is 84.9 Å². The number of halogens is 1. The third kappa shape index (κ3) is 4.41. The first-order valence-electron chi connectivity index (χ1n) is 10.4. The van der Waals surface area contributed by atoms with Crippen LogP contribution in [0.1, 0.15) is 63.9 Å². The van der Waals surface area contributed by atoms with Gasteiger partial charge in [0.15, 0.2) is 17.3 Å². The average Bonchev–Trinajstić information content (AvgIpc) is 2.72. The van der Waals surface area contributed by atoms with Crippen molar-refractivity contribution in [2.24, 2.45) is 0 Å². The van der Waals surface area contributed by atoms with Gasteiger partial charge < -0.3 is 19.9 Å². The molecule has 0 spiro atoms. The first-order chi connectivity index (χ1) is 14.4. The predicted molar refractivity (Wildman–Crippen MR) is 117 cm³/mol. The van der Waals surface area contributed by atoms with Crippen molar-refractivity contribution in [3.8, 4) is 11.5 Å². The van der Waals surface area contributed by atoms with Crippen LogP contribution in [0.3, 0.4) is 0 Å². The van der Waals surface area contributed by atoms with Crippen LogP contribution in [0, 0.1) is 0 Å². The summed E-state index contributed by atoms with van der Waals surface area (Å²) in [5.74, 6) is -0.714. The number of benzene rings is 1. The van der Waals surface area contributed by atoms with Gasteiger partial charge in [0.25, 0.3) is 0 Å². The minimum atomic E-state index is -0.571. The number of ether oxygens (including phenoxy) is 2. The number of rotatable bonds is 7. The minimum absolute atomic E-state index is 0.0243. The van der Waals surface area contributed by atoms with E-state index in [0.29, 0.717) is 39.9 Å². The van der Waals surface area contributed by atoms with Crippen molar-refractivity contribution in [3.05, 3.63) is 44.7 Å². The van der Waals surface area contributed by atoms with E-state index in [1.54, 1.807) is 12.1 Å². The summed E-state index contributed by atoms with van der Waals surface area (Å²) in [7, 11) is 1.47. The first kappa shape index (κ1) is 22.4. The highest BCUT2D eigenvalue weighted by Crippen LogP contribution is 2.46. The van der Waals surface area contributed by atoms with Gasteiger partial charge >= 0.3 is 5.97 Å². The lowest BCUT2D eigenvalue weighted by atomic mass is 9.75. The summed E-state index contributed by atoms with van der Waals surface area (Å²) in [6.45, 7) is 4.28. The highest BCUT2D eigenvalue weighted by Gasteiger charge is 2.39. The van der Waals surface area contributed by atoms with E-state index in [1.807, 2.05) is 6.92 Å². The molecule has 6 nitrogen and oxygen atoms in total. The van der Waals surface area contributed by atoms with Crippen molar-refractivity contribution < 1.29 is 24.2 Å². The number of unbranched alkanes of at least 4 members (excludes halogenated alkanes) is 2. The van der Waals surface area contributed by atoms with Crippen LogP contribution in [0.5, 0.6) is 11.5 Å². The Morgan fingerprint density at radius 2 is 2.07 bits per heavy atom. The van der Waals surface area contributed by atoms with Crippen molar-refractivity contribution in [1.82, 2.24) is 5.32 Å². The SMILES string of the molecule is CCCCCOC(=O)C1=C(C)NC2=C(C(=O)CCC2)[C@@H]1c1cc(Br)c(O)c(OC)c1. The monoisotopic (exact) mass is 477 g/mol. The van der Waals surface area contributed by atoms with Gasteiger partial charge in [-0.05, 0) is 59.8 Å². The second kappa shape index (κ2) is 9.69. The van der Waals surface area contributed by atoms with E-state index >= 15 is 0 Å². The number of dihydropyridines is 1. The first-order valence-corrected chi connectivity index (χ1v) is 11.2. The largest absolute Gasteiger partial charge is 0.503 e. The Morgan fingerprint density at radius 3 is 2.77 bits per heavy atom. The second-order valence-corrected chi connectivity index (χ2v) is 8.52. The van der Waals surface area contributed by atoms with Crippen LogP contribution >= 0.6 is 15.9 Å². The fraction of sp³-hybridized carbons (Fsp3) is 0.478. The molecule has 1 aromatic rings. The lowest BCUT2D eigenvalue weighted by Crippen LogP contribution is -2.34. The summed E-state index contributed by atoms with van der Waals surface area (Å²) in [6, 6.07) is 3.41. The normalized spacial score (nSPS) is 18.8. The van der Waals surface area contributed by atoms with Crippen LogP contribution in [0.25, 0.3) is 0 Å². The second-order valence-electron chi connectivity index (χ2n) is 7.66. The number of ketones is 1. The number of aromatic hydroxyl groups is 1. The van der Waals surface area contributed by atoms with Crippen LogP contribution in [0.2, 0.25) is 0 Å². The molecular formula is C23H28BrNO5. The van der Waals surface area contributed by atoms with Crippen LogP contribution in [-0.2, 0) is 14.3 Å². The van der Waals surface area contributed by atoms with Gasteiger partial charge in [0.05, 0.1) is 23.8 Å². The van der Waals surface area contributed by atoms with Crippen molar-refractivity contribution in [3.63, 3.8) is 0 Å². The molecule has 0 aromatic heterocycles. The van der Waals surface area contributed by atoms with E-state index in [2.05, 4.69) is 28.2 Å². The lowest BCUT2D eigenvalue weighted by Gasteiger charge is -2.34. The quantitative estimate of drug-likeness (QED) is 0.430. The van der Waals surface area contributed by atoms with Gasteiger partial charge in [-0.25, -0.2) is 4.79 Å². The number of phenols is 1. The highest BCUT2D eigenvalue weighted by molar-refractivity contribution is 9.10. The number of carbonyl (C=O) groups excluding carboxylic acids is 2. The molecule has 0 saturated carbocycles. The Kier molecular flexibility index (Phi) is 7.23. The number of nitrogens with one attached hydrogen (secondary N) is 1. The van der Waals surface area contributed by atoms with E-state index in [1.165, 1.54) is 7.11 Å². The number of carbonyl (C=O) groups is 2. The van der Waals surface area contributed by atoms with E-state index in [-0.39, 0.29) is 17.3 Å². The number of phenolic OH excluding ortho intramolecular Hbond substituents is 1. The highest BCUT2D eigenvalue weighted by atomic mass is 79.9. The predicted octanol–water partition coefficient (Wildman–Crippen LogP) is 4.86. The zero-order chi connectivity index (χ0) is 21.8. The zero-order valence-corrected chi connectivity index (χ0v) is 19.2. The molecule has 1 heterocycles. The summed E-state index contributed by atoms with van der Waals surface area (Å²) in [6.07, 6.45) is 4.82. The number of hydrogen-bond acceptors (Lipinski definition) is 6. The molecule has 30 heavy (non-hydrogen) atoms. The average molecular weight is 478 g/mol. The molecule has 2 aliphatic rings. The Labute approximate surface area is 185 Å². The van der Waals surface area contributed by atoms with Crippen molar-refractivity contribution in [1.29, 1.82) is 0 Å². The molecule has 3 rings (SSSR count). The van der Waals surface area contributed by atoms with Gasteiger partial charge in [0.2, 0.25) is 0 Å². The molecular weight excluding hydrogens is 450 g/mol. The smallest absolute Gasteiger partial charge is 0.336 e. The van der Waals surface area contributed by atoms with Crippen LogP contribution in [0.15, 0.2) is 39.1 Å². The molecule has 2 N–H and O–H groups in total. The molecule has 1 aliphatic carbocycles. The van der Waals surface area contributed by atoms with E-state index in [0.717, 1.165) is 37.8 Å². The van der Waals surface area contributed by atoms with Crippen LogP contribution in [-0.4, -0.2) is 30.6 Å². The molecule has 1 aliphatic heterocycles. The molecule has 162 valence electrons. The molecule has 1 aromatic carbocycles. The third-order valence-electron chi connectivity index (χ3n) is 5.58. The third-order valence-corrected chi connectivity index (χ3v) is 6.19. The molecule has 0 unspecified atom stereocenters. The van der Waals surface area contributed by atoms with Gasteiger partial charge in [-0.1, -0.05) is 19.8 Å². The van der Waals surface area contributed by atoms with Crippen molar-refractivity contribution >= 4 is 27.7 Å². The maximum absolute atomic E-state index is 13.1. The number of methoxy groups -OCH3 is 1. The Bertz CT molecular complexity index is 918. The van der Waals surface area contributed by atoms with Crippen molar-refractivity contribution in [2.45, 2.75) is 58.3 Å². The van der Waals surface area contributed by atoms with E-state index in [9.17, 15) is 14.7 Å². The molecule has 0 amide bonds. The fourth-order valence-electron chi connectivity index (χ4n) is 4.10. The van der Waals surface area contributed by atoms with Crippen molar-refractivity contribution in [2.75, 3.05) is 13.7 Å². The Morgan fingerprint density at radius 1 is 1.30 bits per heavy atom. The van der Waals surface area contributed by atoms with E-state index < -0.39 is 11.9 Å². The number of allylic oxidation sites excluding steroid dienone is 3.